The number of ether oxygens (including phenoxy) is 1. The molecule has 0 fully saturated rings. The number of carbonyl (C=O) groups is 1. The van der Waals surface area contributed by atoms with Crippen molar-refractivity contribution in [2.24, 2.45) is 0 Å². The first-order chi connectivity index (χ1) is 9.56. The lowest BCUT2D eigenvalue weighted by molar-refractivity contribution is 0.107. The summed E-state index contributed by atoms with van der Waals surface area (Å²) in [4.78, 5) is 11.5. The van der Waals surface area contributed by atoms with Crippen molar-refractivity contribution >= 4 is 17.7 Å². The third-order valence-electron chi connectivity index (χ3n) is 2.80. The van der Waals surface area contributed by atoms with Gasteiger partial charge in [0.15, 0.2) is 0 Å². The predicted octanol–water partition coefficient (Wildman–Crippen LogP) is 1.58. The molecule has 112 valence electrons. The summed E-state index contributed by atoms with van der Waals surface area (Å²) in [6.45, 7) is 2.39. The lowest BCUT2D eigenvalue weighted by atomic mass is 10.0. The predicted molar refractivity (Wildman–Crippen MR) is 79.0 cm³/mol. The smallest absolute Gasteiger partial charge is 0.407 e. The average molecular weight is 301 g/mol. The summed E-state index contributed by atoms with van der Waals surface area (Å²) in [6.07, 6.45) is -0.777. The summed E-state index contributed by atoms with van der Waals surface area (Å²) in [5, 5.41) is 16.3. The first-order valence-corrected chi connectivity index (χ1v) is 6.95. The second-order valence-electron chi connectivity index (χ2n) is 4.43. The van der Waals surface area contributed by atoms with E-state index in [4.69, 9.17) is 16.3 Å². The monoisotopic (exact) mass is 300 g/mol. The van der Waals surface area contributed by atoms with Gasteiger partial charge in [-0.05, 0) is 38.1 Å². The van der Waals surface area contributed by atoms with E-state index in [0.717, 1.165) is 5.56 Å². The fourth-order valence-electron chi connectivity index (χ4n) is 1.88. The minimum atomic E-state index is -0.719. The molecule has 1 aromatic carbocycles. The lowest BCUT2D eigenvalue weighted by Gasteiger charge is -2.24. The van der Waals surface area contributed by atoms with Crippen LogP contribution in [0.5, 0.6) is 0 Å². The number of hydrogen-bond acceptors (Lipinski definition) is 4. The molecule has 0 aliphatic heterocycles. The minimum Gasteiger partial charge on any atom is -0.450 e. The Hall–Kier alpha value is -1.30. The molecule has 1 amide bonds. The van der Waals surface area contributed by atoms with Gasteiger partial charge in [0.2, 0.25) is 0 Å². The van der Waals surface area contributed by atoms with Crippen LogP contribution in [0.25, 0.3) is 0 Å². The van der Waals surface area contributed by atoms with Crippen LogP contribution in [0, 0.1) is 0 Å². The van der Waals surface area contributed by atoms with E-state index in [2.05, 4.69) is 10.6 Å². The first kappa shape index (κ1) is 16.8. The van der Waals surface area contributed by atoms with Crippen molar-refractivity contribution in [1.82, 2.24) is 10.6 Å². The minimum absolute atomic E-state index is 0.290. The zero-order valence-corrected chi connectivity index (χ0v) is 12.5. The number of aliphatic hydroxyl groups excluding tert-OH is 1. The number of alkyl carbamates (subject to hydrolysis) is 1. The summed E-state index contributed by atoms with van der Waals surface area (Å²) in [5.74, 6) is 0. The number of amides is 1. The molecule has 0 aliphatic carbocycles. The molecule has 1 aromatic rings. The van der Waals surface area contributed by atoms with E-state index >= 15 is 0 Å². The largest absolute Gasteiger partial charge is 0.450 e. The summed E-state index contributed by atoms with van der Waals surface area (Å²) in [5.41, 5.74) is 0.939. The topological polar surface area (TPSA) is 70.6 Å². The maximum atomic E-state index is 11.5. The van der Waals surface area contributed by atoms with Gasteiger partial charge in [-0.2, -0.15) is 0 Å². The summed E-state index contributed by atoms with van der Waals surface area (Å²) >= 11 is 5.94. The molecular weight excluding hydrogens is 280 g/mol. The Morgan fingerprint density at radius 3 is 2.85 bits per heavy atom. The molecule has 3 N–H and O–H groups in total. The van der Waals surface area contributed by atoms with Crippen molar-refractivity contribution in [2.75, 3.05) is 20.2 Å². The first-order valence-electron chi connectivity index (χ1n) is 6.57. The van der Waals surface area contributed by atoms with E-state index in [1.54, 1.807) is 20.0 Å². The lowest BCUT2D eigenvalue weighted by Crippen LogP contribution is -2.48. The highest BCUT2D eigenvalue weighted by molar-refractivity contribution is 6.30. The van der Waals surface area contributed by atoms with Crippen LogP contribution < -0.4 is 10.6 Å². The number of benzene rings is 1. The maximum absolute atomic E-state index is 11.5. The molecule has 0 saturated carbocycles. The van der Waals surface area contributed by atoms with Gasteiger partial charge in [-0.15, -0.1) is 0 Å². The van der Waals surface area contributed by atoms with Crippen molar-refractivity contribution in [3.8, 4) is 0 Å². The van der Waals surface area contributed by atoms with Gasteiger partial charge in [0.05, 0.1) is 18.8 Å². The van der Waals surface area contributed by atoms with Crippen molar-refractivity contribution in [3.63, 3.8) is 0 Å². The second-order valence-corrected chi connectivity index (χ2v) is 4.87. The van der Waals surface area contributed by atoms with E-state index in [0.29, 0.717) is 18.0 Å². The Bertz CT molecular complexity index is 429. The van der Waals surface area contributed by atoms with E-state index in [9.17, 15) is 9.90 Å². The third-order valence-corrected chi connectivity index (χ3v) is 3.04. The number of hydrogen-bond donors (Lipinski definition) is 3. The Morgan fingerprint density at radius 2 is 2.25 bits per heavy atom. The molecule has 0 bridgehead atoms. The van der Waals surface area contributed by atoms with E-state index in [1.165, 1.54) is 0 Å². The summed E-state index contributed by atoms with van der Waals surface area (Å²) < 4.78 is 4.85. The highest BCUT2D eigenvalue weighted by Gasteiger charge is 2.21. The zero-order valence-electron chi connectivity index (χ0n) is 11.7. The van der Waals surface area contributed by atoms with Gasteiger partial charge in [0.25, 0.3) is 0 Å². The van der Waals surface area contributed by atoms with Crippen LogP contribution in [-0.4, -0.2) is 43.5 Å². The third kappa shape index (κ3) is 5.77. The molecule has 0 spiro atoms. The van der Waals surface area contributed by atoms with Gasteiger partial charge in [0, 0.05) is 11.6 Å². The van der Waals surface area contributed by atoms with Crippen molar-refractivity contribution < 1.29 is 14.6 Å². The standard InChI is InChI=1S/C14H21ClN2O3/c1-3-20-14(19)17-12(13(18)9-16-2)8-10-5-4-6-11(15)7-10/h4-7,12-13,16,18H,3,8-9H2,1-2H3,(H,17,19)/t12-,13+/m0/s1. The van der Waals surface area contributed by atoms with Crippen molar-refractivity contribution in [2.45, 2.75) is 25.5 Å². The van der Waals surface area contributed by atoms with Crippen molar-refractivity contribution in [3.05, 3.63) is 34.9 Å². The van der Waals surface area contributed by atoms with Gasteiger partial charge < -0.3 is 20.5 Å². The quantitative estimate of drug-likeness (QED) is 0.715. The van der Waals surface area contributed by atoms with Crippen LogP contribution in [-0.2, 0) is 11.2 Å². The van der Waals surface area contributed by atoms with Crippen LogP contribution in [0.4, 0.5) is 4.79 Å². The summed E-state index contributed by atoms with van der Waals surface area (Å²) in [7, 11) is 1.74. The Kier molecular flexibility index (Phi) is 7.36. The molecule has 0 unspecified atom stereocenters. The van der Waals surface area contributed by atoms with Crippen LogP contribution in [0.1, 0.15) is 12.5 Å². The number of likely N-dealkylation sites (N-methyl/N-ethyl adjacent to an activating group) is 1. The van der Waals surface area contributed by atoms with Crippen LogP contribution in [0.2, 0.25) is 5.02 Å². The fourth-order valence-corrected chi connectivity index (χ4v) is 2.09. The van der Waals surface area contributed by atoms with Gasteiger partial charge >= 0.3 is 6.09 Å². The van der Waals surface area contributed by atoms with E-state index < -0.39 is 18.2 Å². The molecule has 0 aliphatic rings. The SMILES string of the molecule is CCOC(=O)N[C@@H](Cc1cccc(Cl)c1)[C@H](O)CNC. The maximum Gasteiger partial charge on any atom is 0.407 e. The highest BCUT2D eigenvalue weighted by atomic mass is 35.5. The Morgan fingerprint density at radius 1 is 1.50 bits per heavy atom. The molecule has 0 radical (unpaired) electrons. The number of carbonyl (C=O) groups excluding carboxylic acids is 1. The van der Waals surface area contributed by atoms with Crippen LogP contribution in [0.15, 0.2) is 24.3 Å². The molecular formula is C14H21ClN2O3. The van der Waals surface area contributed by atoms with E-state index in [-0.39, 0.29) is 6.61 Å². The molecule has 0 saturated heterocycles. The second kappa shape index (κ2) is 8.79. The molecule has 1 rings (SSSR count). The summed E-state index contributed by atoms with van der Waals surface area (Å²) in [6, 6.07) is 6.89. The Labute approximate surface area is 124 Å². The van der Waals surface area contributed by atoms with Gasteiger partial charge in [-0.3, -0.25) is 0 Å². The molecule has 20 heavy (non-hydrogen) atoms. The van der Waals surface area contributed by atoms with E-state index in [1.807, 2.05) is 18.2 Å². The fraction of sp³-hybridized carbons (Fsp3) is 0.500. The molecule has 0 heterocycles. The van der Waals surface area contributed by atoms with Crippen LogP contribution in [0.3, 0.4) is 0 Å². The number of aliphatic hydroxyl groups is 1. The molecule has 2 atom stereocenters. The number of rotatable bonds is 7. The molecule has 5 nitrogen and oxygen atoms in total. The van der Waals surface area contributed by atoms with Gasteiger partial charge in [-0.25, -0.2) is 4.79 Å². The van der Waals surface area contributed by atoms with Gasteiger partial charge in [0.1, 0.15) is 0 Å². The average Bonchev–Trinajstić information content (AvgIpc) is 2.38. The number of nitrogens with one attached hydrogen (secondary N) is 2. The Balaban J connectivity index is 2.73. The number of halogens is 1. The molecule has 6 heteroatoms. The van der Waals surface area contributed by atoms with Gasteiger partial charge in [-0.1, -0.05) is 23.7 Å². The normalized spacial score (nSPS) is 13.6. The highest BCUT2D eigenvalue weighted by Crippen LogP contribution is 2.13. The van der Waals surface area contributed by atoms with Crippen LogP contribution >= 0.6 is 11.6 Å². The zero-order chi connectivity index (χ0) is 15.0. The molecule has 0 aromatic heterocycles. The van der Waals surface area contributed by atoms with Crippen molar-refractivity contribution in [1.29, 1.82) is 0 Å².